The van der Waals surface area contributed by atoms with Crippen molar-refractivity contribution >= 4 is 24.5 Å². The first-order valence-electron chi connectivity index (χ1n) is 2.11. The topological polar surface area (TPSA) is 43.1 Å². The molecule has 8 heavy (non-hydrogen) atoms. The van der Waals surface area contributed by atoms with Crippen LogP contribution in [0.4, 0.5) is 0 Å². The third-order valence-corrected chi connectivity index (χ3v) is 1.81. The van der Waals surface area contributed by atoms with Crippen molar-refractivity contribution in [1.29, 1.82) is 0 Å². The highest BCUT2D eigenvalue weighted by atomic mass is 32.2. The summed E-state index contributed by atoms with van der Waals surface area (Å²) in [5.74, 6) is 0. The van der Waals surface area contributed by atoms with Crippen LogP contribution in [0.5, 0.6) is 0 Å². The van der Waals surface area contributed by atoms with E-state index in [9.17, 15) is 4.21 Å². The Kier molecular flexibility index (Phi) is 4.91. The van der Waals surface area contributed by atoms with Crippen molar-refractivity contribution in [1.82, 2.24) is 0 Å². The highest BCUT2D eigenvalue weighted by Crippen LogP contribution is 2.04. The van der Waals surface area contributed by atoms with Crippen LogP contribution >= 0.6 is 13.5 Å². The Labute approximate surface area is 59.9 Å². The second kappa shape index (κ2) is 3.48. The third-order valence-electron chi connectivity index (χ3n) is 0.604. The first kappa shape index (κ1) is 11.3. The van der Waals surface area contributed by atoms with Crippen molar-refractivity contribution in [2.75, 3.05) is 0 Å². The molecule has 1 atom stereocenters. The van der Waals surface area contributed by atoms with Gasteiger partial charge in [0.1, 0.15) is 0 Å². The molecule has 0 rings (SSSR count). The van der Waals surface area contributed by atoms with Gasteiger partial charge in [-0.15, -0.1) is 0 Å². The lowest BCUT2D eigenvalue weighted by Crippen LogP contribution is -2.27. The Balaban J connectivity index is 0. The Bertz CT molecular complexity index is 86.5. The van der Waals surface area contributed by atoms with E-state index in [0.717, 1.165) is 0 Å². The highest BCUT2D eigenvalue weighted by Gasteiger charge is 2.14. The summed E-state index contributed by atoms with van der Waals surface area (Å²) >= 11 is 0. The molecule has 0 heterocycles. The third kappa shape index (κ3) is 4.61. The Morgan fingerprint density at radius 3 is 1.50 bits per heavy atom. The Hall–Kier alpha value is 0.460. The second-order valence-corrected chi connectivity index (χ2v) is 4.23. The van der Waals surface area contributed by atoms with Gasteiger partial charge in [0.05, 0.1) is 15.7 Å². The minimum Gasteiger partial charge on any atom is -0.251 e. The van der Waals surface area contributed by atoms with Gasteiger partial charge in [-0.25, -0.2) is 4.21 Å². The first-order chi connectivity index (χ1) is 2.94. The van der Waals surface area contributed by atoms with E-state index in [1.807, 2.05) is 20.8 Å². The van der Waals surface area contributed by atoms with Gasteiger partial charge in [0, 0.05) is 0 Å². The maximum atomic E-state index is 10.4. The Morgan fingerprint density at radius 1 is 1.38 bits per heavy atom. The van der Waals surface area contributed by atoms with Crippen molar-refractivity contribution < 1.29 is 4.21 Å². The van der Waals surface area contributed by atoms with Crippen molar-refractivity contribution in [2.24, 2.45) is 5.14 Å². The largest absolute Gasteiger partial charge is 0.251 e. The van der Waals surface area contributed by atoms with Crippen LogP contribution in [0.1, 0.15) is 20.8 Å². The molecule has 0 aromatic heterocycles. The maximum absolute atomic E-state index is 10.4. The average Bonchev–Trinajstić information content (AvgIpc) is 1.31. The van der Waals surface area contributed by atoms with Gasteiger partial charge in [0.15, 0.2) is 0 Å². The lowest BCUT2D eigenvalue weighted by atomic mass is 10.3. The fourth-order valence-electron chi connectivity index (χ4n) is 0. The predicted molar refractivity (Wildman–Crippen MR) is 42.5 cm³/mol. The average molecular weight is 155 g/mol. The normalized spacial score (nSPS) is 14.5. The van der Waals surface area contributed by atoms with E-state index in [0.29, 0.717) is 0 Å². The predicted octanol–water partition coefficient (Wildman–Crippen LogP) is 0.520. The molecule has 0 aliphatic rings. The van der Waals surface area contributed by atoms with Crippen LogP contribution in [0.2, 0.25) is 0 Å². The quantitative estimate of drug-likeness (QED) is 0.544. The van der Waals surface area contributed by atoms with E-state index in [2.05, 4.69) is 0 Å². The summed E-state index contributed by atoms with van der Waals surface area (Å²) in [7, 11) is -1.18. The van der Waals surface area contributed by atoms with Gasteiger partial charge in [-0.05, 0) is 20.8 Å². The molecule has 2 nitrogen and oxygen atoms in total. The molecule has 0 saturated heterocycles. The van der Waals surface area contributed by atoms with Crippen LogP contribution in [-0.2, 0) is 11.0 Å². The SMILES string of the molecule is CC(C)(C)[S@@](N)=O.S. The van der Waals surface area contributed by atoms with Gasteiger partial charge < -0.3 is 0 Å². The van der Waals surface area contributed by atoms with E-state index < -0.39 is 11.0 Å². The number of hydrogen-bond acceptors (Lipinski definition) is 1. The summed E-state index contributed by atoms with van der Waals surface area (Å²) in [6.07, 6.45) is 0. The van der Waals surface area contributed by atoms with Crippen LogP contribution in [0, 0.1) is 0 Å². The number of rotatable bonds is 0. The molecule has 0 spiro atoms. The molecule has 4 heteroatoms. The minimum atomic E-state index is -1.18. The highest BCUT2D eigenvalue weighted by molar-refractivity contribution is 7.84. The summed E-state index contributed by atoms with van der Waals surface area (Å²) in [4.78, 5) is 0. The second-order valence-electron chi connectivity index (χ2n) is 2.41. The van der Waals surface area contributed by atoms with Crippen molar-refractivity contribution in [3.05, 3.63) is 0 Å². The molecule has 0 aliphatic heterocycles. The molecule has 0 unspecified atom stereocenters. The fraction of sp³-hybridized carbons (Fsp3) is 1.00. The minimum absolute atomic E-state index is 0. The zero-order chi connectivity index (χ0) is 6.08. The van der Waals surface area contributed by atoms with Crippen LogP contribution in [0.3, 0.4) is 0 Å². The number of hydrogen-bond donors (Lipinski definition) is 1. The summed E-state index contributed by atoms with van der Waals surface area (Å²) in [5, 5.41) is 5.04. The molecule has 0 saturated carbocycles. The van der Waals surface area contributed by atoms with E-state index >= 15 is 0 Å². The molecule has 0 aromatic carbocycles. The van der Waals surface area contributed by atoms with Gasteiger partial charge in [0.25, 0.3) is 0 Å². The molecular weight excluding hydrogens is 142 g/mol. The summed E-state index contributed by atoms with van der Waals surface area (Å²) in [5.41, 5.74) is 0. The first-order valence-corrected chi connectivity index (χ1v) is 3.32. The smallest absolute Gasteiger partial charge is 0.0942 e. The van der Waals surface area contributed by atoms with Crippen molar-refractivity contribution in [3.63, 3.8) is 0 Å². The van der Waals surface area contributed by atoms with Crippen LogP contribution in [0.25, 0.3) is 0 Å². The standard InChI is InChI=1S/C4H11NOS.H2S/c1-4(2,3)7(5)6;/h5H2,1-3H3;1H2/t7-;/m0./s1. The van der Waals surface area contributed by atoms with Gasteiger partial charge in [-0.1, -0.05) is 0 Å². The maximum Gasteiger partial charge on any atom is 0.0942 e. The summed E-state index contributed by atoms with van der Waals surface area (Å²) < 4.78 is 10.1. The number of nitrogens with two attached hydrogens (primary N) is 1. The lowest BCUT2D eigenvalue weighted by molar-refractivity contribution is 0.650. The van der Waals surface area contributed by atoms with Crippen LogP contribution < -0.4 is 5.14 Å². The molecule has 52 valence electrons. The zero-order valence-corrected chi connectivity index (χ0v) is 7.21. The molecule has 0 radical (unpaired) electrons. The molecule has 0 aliphatic carbocycles. The molecule has 0 fully saturated rings. The van der Waals surface area contributed by atoms with Crippen molar-refractivity contribution in [2.45, 2.75) is 25.5 Å². The van der Waals surface area contributed by atoms with Gasteiger partial charge >= 0.3 is 0 Å². The molecule has 2 N–H and O–H groups in total. The molecule has 0 bridgehead atoms. The molecule has 0 aromatic rings. The van der Waals surface area contributed by atoms with Gasteiger partial charge in [-0.3, -0.25) is 5.14 Å². The summed E-state index contributed by atoms with van der Waals surface area (Å²) in [6, 6.07) is 0. The van der Waals surface area contributed by atoms with Crippen molar-refractivity contribution in [3.8, 4) is 0 Å². The van der Waals surface area contributed by atoms with E-state index in [-0.39, 0.29) is 18.2 Å². The Morgan fingerprint density at radius 2 is 1.50 bits per heavy atom. The van der Waals surface area contributed by atoms with E-state index in [1.54, 1.807) is 0 Å². The summed E-state index contributed by atoms with van der Waals surface area (Å²) in [6.45, 7) is 5.51. The molecule has 0 amide bonds. The van der Waals surface area contributed by atoms with E-state index in [1.165, 1.54) is 0 Å². The fourth-order valence-corrected chi connectivity index (χ4v) is 0. The van der Waals surface area contributed by atoms with Crippen LogP contribution in [-0.4, -0.2) is 8.96 Å². The van der Waals surface area contributed by atoms with Gasteiger partial charge in [0.2, 0.25) is 0 Å². The zero-order valence-electron chi connectivity index (χ0n) is 5.39. The van der Waals surface area contributed by atoms with E-state index in [4.69, 9.17) is 5.14 Å². The van der Waals surface area contributed by atoms with Gasteiger partial charge in [-0.2, -0.15) is 13.5 Å². The molecular formula is C4H13NOS2. The lowest BCUT2D eigenvalue weighted by Gasteiger charge is -2.11. The monoisotopic (exact) mass is 155 g/mol. The van der Waals surface area contributed by atoms with Crippen LogP contribution in [0.15, 0.2) is 0 Å².